The van der Waals surface area contributed by atoms with Gasteiger partial charge in [-0.3, -0.25) is 4.90 Å². The molecule has 110 valence electrons. The van der Waals surface area contributed by atoms with E-state index in [0.29, 0.717) is 6.54 Å². The van der Waals surface area contributed by atoms with Gasteiger partial charge in [0, 0.05) is 31.4 Å². The fraction of sp³-hybridized carbons (Fsp3) is 0.647. The van der Waals surface area contributed by atoms with Crippen LogP contribution in [0.2, 0.25) is 0 Å². The highest BCUT2D eigenvalue weighted by atomic mass is 15.3. The summed E-state index contributed by atoms with van der Waals surface area (Å²) in [4.78, 5) is 5.26. The molecule has 2 saturated heterocycles. The van der Waals surface area contributed by atoms with Gasteiger partial charge in [-0.05, 0) is 62.5 Å². The molecule has 20 heavy (non-hydrogen) atoms. The van der Waals surface area contributed by atoms with E-state index in [-0.39, 0.29) is 0 Å². The van der Waals surface area contributed by atoms with Gasteiger partial charge in [0.05, 0.1) is 0 Å². The summed E-state index contributed by atoms with van der Waals surface area (Å²) in [6.07, 6.45) is 5.52. The van der Waals surface area contributed by atoms with Gasteiger partial charge in [-0.1, -0.05) is 12.5 Å². The molecule has 2 N–H and O–H groups in total. The van der Waals surface area contributed by atoms with Crippen LogP contribution in [-0.4, -0.2) is 37.1 Å². The number of nitrogens with two attached hydrogens (primary N) is 1. The van der Waals surface area contributed by atoms with Crippen molar-refractivity contribution in [1.29, 1.82) is 0 Å². The third-order valence-corrected chi connectivity index (χ3v) is 4.98. The van der Waals surface area contributed by atoms with Crippen LogP contribution in [0.4, 0.5) is 5.69 Å². The Morgan fingerprint density at radius 2 is 1.95 bits per heavy atom. The Morgan fingerprint density at radius 1 is 1.15 bits per heavy atom. The molecule has 0 aliphatic carbocycles. The molecule has 2 aliphatic heterocycles. The number of likely N-dealkylation sites (tertiary alicyclic amines) is 1. The van der Waals surface area contributed by atoms with Crippen molar-refractivity contribution in [3.63, 3.8) is 0 Å². The van der Waals surface area contributed by atoms with Gasteiger partial charge >= 0.3 is 0 Å². The highest BCUT2D eigenvalue weighted by Crippen LogP contribution is 2.26. The third-order valence-electron chi connectivity index (χ3n) is 4.98. The first kappa shape index (κ1) is 13.9. The van der Waals surface area contributed by atoms with Crippen LogP contribution in [0.5, 0.6) is 0 Å². The van der Waals surface area contributed by atoms with Gasteiger partial charge in [0.15, 0.2) is 0 Å². The molecular weight excluding hydrogens is 246 g/mol. The fourth-order valence-corrected chi connectivity index (χ4v) is 3.66. The molecule has 1 atom stereocenters. The predicted octanol–water partition coefficient (Wildman–Crippen LogP) is 2.52. The second kappa shape index (κ2) is 6.15. The summed E-state index contributed by atoms with van der Waals surface area (Å²) in [6.45, 7) is 7.82. The predicted molar refractivity (Wildman–Crippen MR) is 85.1 cm³/mol. The molecule has 2 aliphatic rings. The summed E-state index contributed by atoms with van der Waals surface area (Å²) >= 11 is 0. The highest BCUT2D eigenvalue weighted by Gasteiger charge is 2.28. The number of benzene rings is 1. The van der Waals surface area contributed by atoms with E-state index < -0.39 is 0 Å². The van der Waals surface area contributed by atoms with Crippen LogP contribution < -0.4 is 10.6 Å². The summed E-state index contributed by atoms with van der Waals surface area (Å²) in [6, 6.07) is 7.51. The lowest BCUT2D eigenvalue weighted by molar-refractivity contribution is 0.175. The van der Waals surface area contributed by atoms with Gasteiger partial charge in [0.2, 0.25) is 0 Å². The standard InChI is InChI=1S/C17H27N3/c1-14-11-16(6-5-15(14)12-18)20-10-7-17(13-20)19-8-3-2-4-9-19/h5-6,11,17H,2-4,7-10,12-13,18H2,1H3. The molecule has 2 heterocycles. The normalized spacial score (nSPS) is 24.3. The van der Waals surface area contributed by atoms with Crippen molar-refractivity contribution in [2.24, 2.45) is 5.73 Å². The minimum Gasteiger partial charge on any atom is -0.370 e. The van der Waals surface area contributed by atoms with Gasteiger partial charge < -0.3 is 10.6 Å². The zero-order valence-electron chi connectivity index (χ0n) is 12.6. The van der Waals surface area contributed by atoms with E-state index in [1.54, 1.807) is 0 Å². The smallest absolute Gasteiger partial charge is 0.0369 e. The van der Waals surface area contributed by atoms with Crippen LogP contribution >= 0.6 is 0 Å². The highest BCUT2D eigenvalue weighted by molar-refractivity contribution is 5.51. The zero-order chi connectivity index (χ0) is 13.9. The Balaban J connectivity index is 1.65. The van der Waals surface area contributed by atoms with Crippen LogP contribution in [0, 0.1) is 6.92 Å². The first-order valence-electron chi connectivity index (χ1n) is 8.06. The molecule has 0 bridgehead atoms. The summed E-state index contributed by atoms with van der Waals surface area (Å²) in [5, 5.41) is 0. The molecule has 0 spiro atoms. The number of hydrogen-bond donors (Lipinski definition) is 1. The van der Waals surface area contributed by atoms with Gasteiger partial charge in [0.1, 0.15) is 0 Å². The lowest BCUT2D eigenvalue weighted by Gasteiger charge is -2.32. The first-order chi connectivity index (χ1) is 9.78. The maximum Gasteiger partial charge on any atom is 0.0369 e. The largest absolute Gasteiger partial charge is 0.370 e. The van der Waals surface area contributed by atoms with Crippen molar-refractivity contribution < 1.29 is 0 Å². The Labute approximate surface area is 122 Å². The Hall–Kier alpha value is -1.06. The topological polar surface area (TPSA) is 32.5 Å². The number of aryl methyl sites for hydroxylation is 1. The van der Waals surface area contributed by atoms with Crippen molar-refractivity contribution in [2.45, 2.75) is 45.2 Å². The quantitative estimate of drug-likeness (QED) is 0.918. The molecule has 3 heteroatoms. The van der Waals surface area contributed by atoms with Crippen molar-refractivity contribution in [3.05, 3.63) is 29.3 Å². The van der Waals surface area contributed by atoms with Crippen LogP contribution in [-0.2, 0) is 6.54 Å². The summed E-state index contributed by atoms with van der Waals surface area (Å²) in [5.41, 5.74) is 9.72. The third kappa shape index (κ3) is 2.84. The van der Waals surface area contributed by atoms with Crippen molar-refractivity contribution in [1.82, 2.24) is 4.90 Å². The molecule has 3 nitrogen and oxygen atoms in total. The molecule has 2 fully saturated rings. The second-order valence-corrected chi connectivity index (χ2v) is 6.30. The number of anilines is 1. The average molecular weight is 273 g/mol. The van der Waals surface area contributed by atoms with Crippen molar-refractivity contribution >= 4 is 5.69 Å². The van der Waals surface area contributed by atoms with Crippen molar-refractivity contribution in [2.75, 3.05) is 31.1 Å². The maximum absolute atomic E-state index is 5.75. The average Bonchev–Trinajstić information content (AvgIpc) is 2.98. The number of rotatable bonds is 3. The van der Waals surface area contributed by atoms with E-state index in [9.17, 15) is 0 Å². The van der Waals surface area contributed by atoms with Crippen LogP contribution in [0.15, 0.2) is 18.2 Å². The van der Waals surface area contributed by atoms with Crippen LogP contribution in [0.1, 0.15) is 36.8 Å². The molecule has 1 aromatic carbocycles. The van der Waals surface area contributed by atoms with Gasteiger partial charge in [-0.15, -0.1) is 0 Å². The summed E-state index contributed by atoms with van der Waals surface area (Å²) in [5.74, 6) is 0. The Kier molecular flexibility index (Phi) is 4.27. The van der Waals surface area contributed by atoms with Crippen molar-refractivity contribution in [3.8, 4) is 0 Å². The zero-order valence-corrected chi connectivity index (χ0v) is 12.6. The summed E-state index contributed by atoms with van der Waals surface area (Å²) in [7, 11) is 0. The van der Waals surface area contributed by atoms with E-state index in [1.807, 2.05) is 0 Å². The monoisotopic (exact) mass is 273 g/mol. The van der Waals surface area contributed by atoms with E-state index >= 15 is 0 Å². The molecule has 0 saturated carbocycles. The Bertz CT molecular complexity index is 452. The molecule has 1 aromatic rings. The number of nitrogens with zero attached hydrogens (tertiary/aromatic N) is 2. The van der Waals surface area contributed by atoms with E-state index in [0.717, 1.165) is 6.04 Å². The number of piperidine rings is 1. The lowest BCUT2D eigenvalue weighted by Crippen LogP contribution is -2.40. The van der Waals surface area contributed by atoms with E-state index in [1.165, 1.54) is 68.7 Å². The first-order valence-corrected chi connectivity index (χ1v) is 8.06. The van der Waals surface area contributed by atoms with E-state index in [2.05, 4.69) is 34.9 Å². The van der Waals surface area contributed by atoms with Crippen LogP contribution in [0.25, 0.3) is 0 Å². The Morgan fingerprint density at radius 3 is 2.65 bits per heavy atom. The van der Waals surface area contributed by atoms with Gasteiger partial charge in [0.25, 0.3) is 0 Å². The SMILES string of the molecule is Cc1cc(N2CCC(N3CCCCC3)C2)ccc1CN. The summed E-state index contributed by atoms with van der Waals surface area (Å²) < 4.78 is 0. The minimum atomic E-state index is 0.641. The van der Waals surface area contributed by atoms with Gasteiger partial charge in [-0.2, -0.15) is 0 Å². The molecule has 0 aromatic heterocycles. The molecule has 1 unspecified atom stereocenters. The van der Waals surface area contributed by atoms with E-state index in [4.69, 9.17) is 5.73 Å². The fourth-order valence-electron chi connectivity index (χ4n) is 3.66. The van der Waals surface area contributed by atoms with Crippen LogP contribution in [0.3, 0.4) is 0 Å². The molecular formula is C17H27N3. The lowest BCUT2D eigenvalue weighted by atomic mass is 10.1. The van der Waals surface area contributed by atoms with Gasteiger partial charge in [-0.25, -0.2) is 0 Å². The molecule has 0 amide bonds. The molecule has 3 rings (SSSR count). The maximum atomic E-state index is 5.75. The molecule has 0 radical (unpaired) electrons. The second-order valence-electron chi connectivity index (χ2n) is 6.30. The number of hydrogen-bond acceptors (Lipinski definition) is 3. The minimum absolute atomic E-state index is 0.641.